The minimum atomic E-state index is -3.14. The minimum Gasteiger partial charge on any atom is -0.382 e. The highest BCUT2D eigenvalue weighted by Gasteiger charge is 2.15. The van der Waals surface area contributed by atoms with Crippen LogP contribution < -0.4 is 10.6 Å². The van der Waals surface area contributed by atoms with Crippen molar-refractivity contribution in [1.82, 2.24) is 5.32 Å². The molecule has 0 aliphatic rings. The number of carbonyl (C=O) groups excluding carboxylic acids is 1. The fraction of sp³-hybridized carbons (Fsp3) is 0.462. The van der Waals surface area contributed by atoms with Gasteiger partial charge in [-0.25, -0.2) is 12.8 Å². The third-order valence-electron chi connectivity index (χ3n) is 2.57. The molecule has 0 saturated heterocycles. The first kappa shape index (κ1) is 16.4. The van der Waals surface area contributed by atoms with E-state index < -0.39 is 21.6 Å². The highest BCUT2D eigenvalue weighted by atomic mass is 32.2. The molecule has 1 amide bonds. The SMILES string of the molecule is CCCNc1c(F)cccc1C(=O)NCCS(C)(=O)=O. The second kappa shape index (κ2) is 7.23. The summed E-state index contributed by atoms with van der Waals surface area (Å²) in [4.78, 5) is 12.0. The molecule has 1 aromatic rings. The summed E-state index contributed by atoms with van der Waals surface area (Å²) in [7, 11) is -3.14. The second-order valence-corrected chi connectivity index (χ2v) is 6.73. The molecule has 0 aliphatic carbocycles. The maximum absolute atomic E-state index is 13.7. The first-order valence-electron chi connectivity index (χ1n) is 6.33. The molecule has 7 heteroatoms. The van der Waals surface area contributed by atoms with Crippen LogP contribution in [0.3, 0.4) is 0 Å². The van der Waals surface area contributed by atoms with E-state index in [-0.39, 0.29) is 23.5 Å². The van der Waals surface area contributed by atoms with Crippen LogP contribution >= 0.6 is 0 Å². The third-order valence-corrected chi connectivity index (χ3v) is 3.51. The predicted octanol–water partition coefficient (Wildman–Crippen LogP) is 1.42. The molecule has 1 aromatic carbocycles. The number of hydrogen-bond acceptors (Lipinski definition) is 4. The summed E-state index contributed by atoms with van der Waals surface area (Å²) >= 11 is 0. The van der Waals surface area contributed by atoms with Crippen LogP contribution in [0.15, 0.2) is 18.2 Å². The monoisotopic (exact) mass is 302 g/mol. The van der Waals surface area contributed by atoms with E-state index in [2.05, 4.69) is 10.6 Å². The first-order chi connectivity index (χ1) is 9.35. The maximum atomic E-state index is 13.7. The van der Waals surface area contributed by atoms with Crippen LogP contribution in [0.1, 0.15) is 23.7 Å². The van der Waals surface area contributed by atoms with E-state index in [0.717, 1.165) is 12.7 Å². The van der Waals surface area contributed by atoms with Crippen molar-refractivity contribution >= 4 is 21.4 Å². The van der Waals surface area contributed by atoms with Gasteiger partial charge in [-0.05, 0) is 18.6 Å². The van der Waals surface area contributed by atoms with E-state index in [1.165, 1.54) is 18.2 Å². The molecule has 0 unspecified atom stereocenters. The van der Waals surface area contributed by atoms with Crippen LogP contribution in [0.5, 0.6) is 0 Å². The summed E-state index contributed by atoms with van der Waals surface area (Å²) in [5.74, 6) is -1.15. The molecule has 0 aromatic heterocycles. The molecule has 0 fully saturated rings. The number of sulfone groups is 1. The largest absolute Gasteiger partial charge is 0.382 e. The van der Waals surface area contributed by atoms with E-state index in [1.54, 1.807) is 0 Å². The molecule has 112 valence electrons. The zero-order chi connectivity index (χ0) is 15.2. The second-order valence-electron chi connectivity index (χ2n) is 4.47. The molecule has 0 aliphatic heterocycles. The number of anilines is 1. The summed E-state index contributed by atoms with van der Waals surface area (Å²) in [5, 5.41) is 5.34. The normalized spacial score (nSPS) is 11.2. The zero-order valence-electron chi connectivity index (χ0n) is 11.6. The Bertz CT molecular complexity index is 573. The lowest BCUT2D eigenvalue weighted by Gasteiger charge is -2.12. The van der Waals surface area contributed by atoms with Gasteiger partial charge in [0.2, 0.25) is 0 Å². The van der Waals surface area contributed by atoms with E-state index in [9.17, 15) is 17.6 Å². The van der Waals surface area contributed by atoms with Crippen molar-refractivity contribution in [2.45, 2.75) is 13.3 Å². The van der Waals surface area contributed by atoms with Crippen molar-refractivity contribution < 1.29 is 17.6 Å². The standard InChI is InChI=1S/C13H19FN2O3S/c1-3-7-15-12-10(5-4-6-11(12)14)13(17)16-8-9-20(2,18)19/h4-6,15H,3,7-9H2,1-2H3,(H,16,17). The van der Waals surface area contributed by atoms with Crippen molar-refractivity contribution in [2.75, 3.05) is 30.4 Å². The molecule has 0 radical (unpaired) electrons. The Kier molecular flexibility index (Phi) is 5.94. The summed E-state index contributed by atoms with van der Waals surface area (Å²) < 4.78 is 35.7. The van der Waals surface area contributed by atoms with Crippen LogP contribution in [0.2, 0.25) is 0 Å². The molecule has 1 rings (SSSR count). The molecule has 20 heavy (non-hydrogen) atoms. The lowest BCUT2D eigenvalue weighted by atomic mass is 10.1. The molecule has 0 heterocycles. The molecule has 0 bridgehead atoms. The fourth-order valence-electron chi connectivity index (χ4n) is 1.59. The Hall–Kier alpha value is -1.63. The Morgan fingerprint density at radius 2 is 2.00 bits per heavy atom. The van der Waals surface area contributed by atoms with Crippen molar-refractivity contribution in [3.8, 4) is 0 Å². The topological polar surface area (TPSA) is 75.3 Å². The number of amides is 1. The van der Waals surface area contributed by atoms with Gasteiger partial charge in [0.25, 0.3) is 5.91 Å². The highest BCUT2D eigenvalue weighted by Crippen LogP contribution is 2.19. The number of hydrogen-bond donors (Lipinski definition) is 2. The lowest BCUT2D eigenvalue weighted by molar-refractivity contribution is 0.0956. The lowest BCUT2D eigenvalue weighted by Crippen LogP contribution is -2.29. The average molecular weight is 302 g/mol. The van der Waals surface area contributed by atoms with Gasteiger partial charge in [-0.1, -0.05) is 13.0 Å². The van der Waals surface area contributed by atoms with E-state index in [0.29, 0.717) is 6.54 Å². The predicted molar refractivity (Wildman–Crippen MR) is 77.2 cm³/mol. The molecular weight excluding hydrogens is 283 g/mol. The summed E-state index contributed by atoms with van der Waals surface area (Å²) in [6.07, 6.45) is 1.89. The number of carbonyl (C=O) groups is 1. The van der Waals surface area contributed by atoms with Crippen LogP contribution in [0.4, 0.5) is 10.1 Å². The van der Waals surface area contributed by atoms with Crippen molar-refractivity contribution in [3.05, 3.63) is 29.6 Å². The molecule has 2 N–H and O–H groups in total. The van der Waals surface area contributed by atoms with Crippen LogP contribution in [0, 0.1) is 5.82 Å². The van der Waals surface area contributed by atoms with Gasteiger partial charge in [-0.15, -0.1) is 0 Å². The fourth-order valence-corrected chi connectivity index (χ4v) is 2.06. The number of para-hydroxylation sites is 1. The maximum Gasteiger partial charge on any atom is 0.253 e. The molecule has 5 nitrogen and oxygen atoms in total. The number of rotatable bonds is 7. The average Bonchev–Trinajstić information content (AvgIpc) is 2.35. The quantitative estimate of drug-likeness (QED) is 0.799. The van der Waals surface area contributed by atoms with Gasteiger partial charge < -0.3 is 10.6 Å². The summed E-state index contributed by atoms with van der Waals surface area (Å²) in [6, 6.07) is 4.21. The Morgan fingerprint density at radius 1 is 1.30 bits per heavy atom. The van der Waals surface area contributed by atoms with Gasteiger partial charge in [0.15, 0.2) is 0 Å². The summed E-state index contributed by atoms with van der Waals surface area (Å²) in [5.41, 5.74) is 0.318. The van der Waals surface area contributed by atoms with Gasteiger partial charge in [0, 0.05) is 19.3 Å². The minimum absolute atomic E-state index is 0.00139. The molecule has 0 spiro atoms. The van der Waals surface area contributed by atoms with Gasteiger partial charge in [0.1, 0.15) is 15.7 Å². The van der Waals surface area contributed by atoms with Gasteiger partial charge >= 0.3 is 0 Å². The molecule has 0 saturated carbocycles. The van der Waals surface area contributed by atoms with Crippen LogP contribution in [-0.2, 0) is 9.84 Å². The van der Waals surface area contributed by atoms with E-state index in [4.69, 9.17) is 0 Å². The van der Waals surface area contributed by atoms with E-state index in [1.807, 2.05) is 6.92 Å². The molecule has 0 atom stereocenters. The Balaban J connectivity index is 2.79. The van der Waals surface area contributed by atoms with Crippen molar-refractivity contribution in [2.24, 2.45) is 0 Å². The third kappa shape index (κ3) is 5.16. The van der Waals surface area contributed by atoms with E-state index >= 15 is 0 Å². The molecular formula is C13H19FN2O3S. The van der Waals surface area contributed by atoms with Gasteiger partial charge in [-0.3, -0.25) is 4.79 Å². The number of halogens is 1. The Morgan fingerprint density at radius 3 is 2.60 bits per heavy atom. The smallest absolute Gasteiger partial charge is 0.253 e. The number of nitrogens with one attached hydrogen (secondary N) is 2. The van der Waals surface area contributed by atoms with Crippen LogP contribution in [0.25, 0.3) is 0 Å². The van der Waals surface area contributed by atoms with Crippen molar-refractivity contribution in [3.63, 3.8) is 0 Å². The van der Waals surface area contributed by atoms with Gasteiger partial charge in [-0.2, -0.15) is 0 Å². The highest BCUT2D eigenvalue weighted by molar-refractivity contribution is 7.90. The number of benzene rings is 1. The van der Waals surface area contributed by atoms with Crippen molar-refractivity contribution in [1.29, 1.82) is 0 Å². The van der Waals surface area contributed by atoms with Crippen LogP contribution in [-0.4, -0.2) is 39.4 Å². The van der Waals surface area contributed by atoms with Gasteiger partial charge in [0.05, 0.1) is 17.0 Å². The zero-order valence-corrected chi connectivity index (χ0v) is 12.4. The first-order valence-corrected chi connectivity index (χ1v) is 8.39. The Labute approximate surface area is 118 Å². The summed E-state index contributed by atoms with van der Waals surface area (Å²) in [6.45, 7) is 2.48.